The fourth-order valence-electron chi connectivity index (χ4n) is 4.20. The lowest BCUT2D eigenvalue weighted by atomic mass is 10.1. The number of anilines is 2. The fraction of sp³-hybridized carbons (Fsp3) is 0.400. The minimum atomic E-state index is -0.126. The highest BCUT2D eigenvalue weighted by atomic mass is 35.5. The molecule has 2 aliphatic rings. The number of hydrogen-bond donors (Lipinski definition) is 0. The summed E-state index contributed by atoms with van der Waals surface area (Å²) in [7, 11) is 4.33. The zero-order valence-corrected chi connectivity index (χ0v) is 20.2. The third-order valence-electron chi connectivity index (χ3n) is 6.34. The number of carbonyl (C=O) groups is 1. The number of nitrogens with zero attached hydrogens (tertiary/aromatic N) is 4. The zero-order chi connectivity index (χ0) is 22.7. The molecule has 0 N–H and O–H groups in total. The lowest BCUT2D eigenvalue weighted by Crippen LogP contribution is -2.45. The summed E-state index contributed by atoms with van der Waals surface area (Å²) >= 11 is 12.2. The van der Waals surface area contributed by atoms with E-state index in [1.165, 1.54) is 11.4 Å². The molecule has 7 heteroatoms. The van der Waals surface area contributed by atoms with Crippen LogP contribution in [0.4, 0.5) is 11.4 Å². The van der Waals surface area contributed by atoms with E-state index in [0.717, 1.165) is 57.9 Å². The van der Waals surface area contributed by atoms with Crippen LogP contribution in [0.15, 0.2) is 42.5 Å². The Labute approximate surface area is 200 Å². The standard InChI is InChI=1S/C25H30Cl2N4O/c1-28-9-13-30(14-10-28)21-6-3-19(24(18-21)31-15-11-29(2)12-16-31)4-8-25(32)22-7-5-20(26)17-23(22)27/h3-8,17-18H,9-16H2,1-2H3. The molecule has 0 bridgehead atoms. The van der Waals surface area contributed by atoms with Gasteiger partial charge in [-0.1, -0.05) is 29.3 Å². The summed E-state index contributed by atoms with van der Waals surface area (Å²) in [5, 5.41) is 0.893. The van der Waals surface area contributed by atoms with Crippen LogP contribution < -0.4 is 9.80 Å². The Morgan fingerprint density at radius 1 is 0.812 bits per heavy atom. The maximum atomic E-state index is 12.8. The van der Waals surface area contributed by atoms with Gasteiger partial charge in [0.2, 0.25) is 0 Å². The summed E-state index contributed by atoms with van der Waals surface area (Å²) in [5.74, 6) is -0.126. The van der Waals surface area contributed by atoms with Gasteiger partial charge in [-0.05, 0) is 62.1 Å². The van der Waals surface area contributed by atoms with E-state index < -0.39 is 0 Å². The number of carbonyl (C=O) groups excluding carboxylic acids is 1. The van der Waals surface area contributed by atoms with Gasteiger partial charge in [0.05, 0.1) is 5.02 Å². The van der Waals surface area contributed by atoms with Crippen LogP contribution in [0.5, 0.6) is 0 Å². The summed E-state index contributed by atoms with van der Waals surface area (Å²) in [6.07, 6.45) is 3.52. The monoisotopic (exact) mass is 472 g/mol. The Hall–Kier alpha value is -2.05. The molecular formula is C25H30Cl2N4O. The second-order valence-electron chi connectivity index (χ2n) is 8.65. The first-order valence-corrected chi connectivity index (χ1v) is 11.8. The van der Waals surface area contributed by atoms with Crippen LogP contribution in [0.1, 0.15) is 15.9 Å². The first kappa shape index (κ1) is 23.1. The molecule has 170 valence electrons. The van der Waals surface area contributed by atoms with Gasteiger partial charge in [-0.25, -0.2) is 0 Å². The van der Waals surface area contributed by atoms with Gasteiger partial charge in [0.25, 0.3) is 0 Å². The third-order valence-corrected chi connectivity index (χ3v) is 6.89. The molecule has 2 saturated heterocycles. The minimum absolute atomic E-state index is 0.126. The Morgan fingerprint density at radius 2 is 1.44 bits per heavy atom. The maximum absolute atomic E-state index is 12.8. The number of benzene rings is 2. The first-order chi connectivity index (χ1) is 15.4. The molecule has 0 radical (unpaired) electrons. The summed E-state index contributed by atoms with van der Waals surface area (Å²) in [4.78, 5) is 22.4. The molecule has 0 amide bonds. The molecule has 0 unspecified atom stereocenters. The van der Waals surface area contributed by atoms with Crippen LogP contribution in [0.25, 0.3) is 6.08 Å². The van der Waals surface area contributed by atoms with Crippen molar-refractivity contribution in [3.05, 3.63) is 63.6 Å². The number of ketones is 1. The Kier molecular flexibility index (Phi) is 7.41. The van der Waals surface area contributed by atoms with E-state index in [0.29, 0.717) is 15.6 Å². The quantitative estimate of drug-likeness (QED) is 0.475. The topological polar surface area (TPSA) is 30.0 Å². The largest absolute Gasteiger partial charge is 0.369 e. The lowest BCUT2D eigenvalue weighted by Gasteiger charge is -2.37. The van der Waals surface area contributed by atoms with E-state index in [4.69, 9.17) is 23.2 Å². The van der Waals surface area contributed by atoms with Crippen molar-refractivity contribution in [1.29, 1.82) is 0 Å². The second kappa shape index (κ2) is 10.3. The maximum Gasteiger partial charge on any atom is 0.187 e. The van der Waals surface area contributed by atoms with Crippen LogP contribution in [0.3, 0.4) is 0 Å². The second-order valence-corrected chi connectivity index (χ2v) is 9.49. The number of halogens is 2. The minimum Gasteiger partial charge on any atom is -0.369 e. The van der Waals surface area contributed by atoms with Gasteiger partial charge < -0.3 is 19.6 Å². The summed E-state index contributed by atoms with van der Waals surface area (Å²) in [6.45, 7) is 8.20. The smallest absolute Gasteiger partial charge is 0.187 e. The lowest BCUT2D eigenvalue weighted by molar-refractivity contribution is 0.104. The molecule has 0 saturated carbocycles. The summed E-state index contributed by atoms with van der Waals surface area (Å²) < 4.78 is 0. The zero-order valence-electron chi connectivity index (χ0n) is 18.7. The molecule has 2 fully saturated rings. The van der Waals surface area contributed by atoms with Crippen molar-refractivity contribution in [3.63, 3.8) is 0 Å². The van der Waals surface area contributed by atoms with Crippen LogP contribution in [-0.4, -0.2) is 82.0 Å². The third kappa shape index (κ3) is 5.46. The highest BCUT2D eigenvalue weighted by Crippen LogP contribution is 2.30. The van der Waals surface area contributed by atoms with Crippen molar-refractivity contribution in [2.45, 2.75) is 0 Å². The Balaban J connectivity index is 1.61. The predicted molar refractivity (Wildman–Crippen MR) is 136 cm³/mol. The number of piperazine rings is 2. The molecule has 32 heavy (non-hydrogen) atoms. The van der Waals surface area contributed by atoms with Gasteiger partial charge in [-0.15, -0.1) is 0 Å². The van der Waals surface area contributed by atoms with E-state index in [2.05, 4.69) is 51.9 Å². The van der Waals surface area contributed by atoms with Gasteiger partial charge in [0, 0.05) is 74.3 Å². The molecule has 0 atom stereocenters. The molecule has 2 heterocycles. The molecular weight excluding hydrogens is 443 g/mol. The average Bonchev–Trinajstić information content (AvgIpc) is 2.78. The average molecular weight is 473 g/mol. The molecule has 0 aliphatic carbocycles. The highest BCUT2D eigenvalue weighted by molar-refractivity contribution is 6.37. The van der Waals surface area contributed by atoms with Gasteiger partial charge in [0.1, 0.15) is 0 Å². The molecule has 2 aromatic rings. The SMILES string of the molecule is CN1CCN(c2ccc(C=CC(=O)c3ccc(Cl)cc3Cl)c(N3CCN(C)CC3)c2)CC1. The molecule has 2 aromatic carbocycles. The van der Waals surface area contributed by atoms with Crippen LogP contribution in [-0.2, 0) is 0 Å². The van der Waals surface area contributed by atoms with Crippen LogP contribution >= 0.6 is 23.2 Å². The summed E-state index contributed by atoms with van der Waals surface area (Å²) in [6, 6.07) is 11.6. The molecule has 5 nitrogen and oxygen atoms in total. The van der Waals surface area contributed by atoms with E-state index >= 15 is 0 Å². The predicted octanol–water partition coefficient (Wildman–Crippen LogP) is 4.39. The molecule has 4 rings (SSSR count). The Bertz CT molecular complexity index is 993. The van der Waals surface area contributed by atoms with E-state index in [9.17, 15) is 4.79 Å². The van der Waals surface area contributed by atoms with Gasteiger partial charge in [0.15, 0.2) is 5.78 Å². The number of allylic oxidation sites excluding steroid dienone is 1. The van der Waals surface area contributed by atoms with Gasteiger partial charge >= 0.3 is 0 Å². The number of likely N-dealkylation sites (N-methyl/N-ethyl adjacent to an activating group) is 2. The van der Waals surface area contributed by atoms with E-state index in [1.54, 1.807) is 24.3 Å². The highest BCUT2D eigenvalue weighted by Gasteiger charge is 2.20. The first-order valence-electron chi connectivity index (χ1n) is 11.1. The fourth-order valence-corrected chi connectivity index (χ4v) is 4.70. The van der Waals surface area contributed by atoms with E-state index in [1.807, 2.05) is 6.08 Å². The van der Waals surface area contributed by atoms with Crippen molar-refractivity contribution in [3.8, 4) is 0 Å². The van der Waals surface area contributed by atoms with Gasteiger partial charge in [-0.3, -0.25) is 4.79 Å². The van der Waals surface area contributed by atoms with Crippen molar-refractivity contribution < 1.29 is 4.79 Å². The van der Waals surface area contributed by atoms with Crippen molar-refractivity contribution in [1.82, 2.24) is 9.80 Å². The number of hydrogen-bond acceptors (Lipinski definition) is 5. The van der Waals surface area contributed by atoms with Crippen LogP contribution in [0.2, 0.25) is 10.0 Å². The Morgan fingerprint density at radius 3 is 2.06 bits per heavy atom. The normalized spacial score (nSPS) is 18.5. The molecule has 0 aromatic heterocycles. The van der Waals surface area contributed by atoms with Crippen molar-refractivity contribution >= 4 is 46.4 Å². The summed E-state index contributed by atoms with van der Waals surface area (Å²) in [5.41, 5.74) is 3.94. The molecule has 2 aliphatic heterocycles. The van der Waals surface area contributed by atoms with Crippen molar-refractivity contribution in [2.75, 3.05) is 76.3 Å². The van der Waals surface area contributed by atoms with Gasteiger partial charge in [-0.2, -0.15) is 0 Å². The van der Waals surface area contributed by atoms with Crippen molar-refractivity contribution in [2.24, 2.45) is 0 Å². The van der Waals surface area contributed by atoms with Crippen LogP contribution in [0, 0.1) is 0 Å². The molecule has 0 spiro atoms. The van der Waals surface area contributed by atoms with E-state index in [-0.39, 0.29) is 5.78 Å². The number of rotatable bonds is 5.